The van der Waals surface area contributed by atoms with E-state index in [1.54, 1.807) is 18.5 Å². The molecule has 0 atom stereocenters. The van der Waals surface area contributed by atoms with E-state index in [4.69, 9.17) is 11.6 Å². The van der Waals surface area contributed by atoms with E-state index in [0.29, 0.717) is 22.9 Å². The lowest BCUT2D eigenvalue weighted by atomic mass is 10.2. The summed E-state index contributed by atoms with van der Waals surface area (Å²) in [7, 11) is 0. The smallest absolute Gasteiger partial charge is 0.253 e. The van der Waals surface area contributed by atoms with E-state index in [-0.39, 0.29) is 5.91 Å². The highest BCUT2D eigenvalue weighted by molar-refractivity contribution is 6.33. The van der Waals surface area contributed by atoms with E-state index in [0.717, 1.165) is 18.5 Å². The first-order valence-corrected chi connectivity index (χ1v) is 7.15. The van der Waals surface area contributed by atoms with E-state index in [1.165, 1.54) is 6.20 Å². The molecule has 0 bridgehead atoms. The van der Waals surface area contributed by atoms with Crippen LogP contribution in [0.4, 0.5) is 5.82 Å². The first-order chi connectivity index (χ1) is 10.2. The largest absolute Gasteiger partial charge is 0.370 e. The Bertz CT molecular complexity index is 604. The number of hydrogen-bond donors (Lipinski definition) is 2. The van der Waals surface area contributed by atoms with E-state index >= 15 is 0 Å². The molecule has 6 heteroatoms. The molecular formula is C15H17ClN4O. The van der Waals surface area contributed by atoms with Crippen molar-refractivity contribution < 1.29 is 4.79 Å². The highest BCUT2D eigenvalue weighted by Crippen LogP contribution is 2.18. The van der Waals surface area contributed by atoms with Gasteiger partial charge in [0.05, 0.1) is 10.6 Å². The number of aromatic nitrogens is 2. The van der Waals surface area contributed by atoms with E-state index < -0.39 is 0 Å². The molecule has 21 heavy (non-hydrogen) atoms. The molecule has 2 aromatic heterocycles. The molecule has 2 heterocycles. The van der Waals surface area contributed by atoms with Crippen molar-refractivity contribution in [3.63, 3.8) is 0 Å². The number of nitrogens with one attached hydrogen (secondary N) is 2. The summed E-state index contributed by atoms with van der Waals surface area (Å²) in [5.41, 5.74) is 1.34. The van der Waals surface area contributed by atoms with Gasteiger partial charge < -0.3 is 10.6 Å². The van der Waals surface area contributed by atoms with Gasteiger partial charge >= 0.3 is 0 Å². The number of halogens is 1. The summed E-state index contributed by atoms with van der Waals surface area (Å²) in [5.74, 6) is 0.415. The third-order valence-electron chi connectivity index (χ3n) is 2.83. The van der Waals surface area contributed by atoms with Gasteiger partial charge in [-0.2, -0.15) is 0 Å². The molecule has 1 amide bonds. The number of hydrogen-bond acceptors (Lipinski definition) is 4. The fourth-order valence-corrected chi connectivity index (χ4v) is 1.93. The number of pyridine rings is 2. The van der Waals surface area contributed by atoms with Gasteiger partial charge in [-0.1, -0.05) is 24.6 Å². The zero-order valence-electron chi connectivity index (χ0n) is 11.8. The summed E-state index contributed by atoms with van der Waals surface area (Å²) in [6.07, 6.45) is 5.87. The van der Waals surface area contributed by atoms with E-state index in [9.17, 15) is 4.79 Å². The Kier molecular flexibility index (Phi) is 5.51. The Morgan fingerprint density at radius 1 is 1.38 bits per heavy atom. The van der Waals surface area contributed by atoms with Crippen molar-refractivity contribution in [2.45, 2.75) is 19.9 Å². The molecule has 0 aliphatic carbocycles. The van der Waals surface area contributed by atoms with Gasteiger partial charge in [-0.3, -0.25) is 9.78 Å². The normalized spacial score (nSPS) is 10.2. The van der Waals surface area contributed by atoms with Gasteiger partial charge in [0.25, 0.3) is 5.91 Å². The van der Waals surface area contributed by atoms with Crippen LogP contribution in [0.15, 0.2) is 36.8 Å². The summed E-state index contributed by atoms with van der Waals surface area (Å²) in [5, 5.41) is 6.29. The molecule has 0 unspecified atom stereocenters. The minimum absolute atomic E-state index is 0.231. The van der Waals surface area contributed by atoms with Crippen LogP contribution in [0.1, 0.15) is 29.3 Å². The van der Waals surface area contributed by atoms with E-state index in [1.807, 2.05) is 12.1 Å². The second-order valence-electron chi connectivity index (χ2n) is 4.52. The average Bonchev–Trinajstić information content (AvgIpc) is 2.53. The Morgan fingerprint density at radius 2 is 2.24 bits per heavy atom. The molecule has 0 aliphatic rings. The maximum Gasteiger partial charge on any atom is 0.253 e. The van der Waals surface area contributed by atoms with Crippen LogP contribution in [0.2, 0.25) is 5.02 Å². The number of nitrogens with zero attached hydrogens (tertiary/aromatic N) is 2. The lowest BCUT2D eigenvalue weighted by molar-refractivity contribution is 0.0951. The molecule has 2 N–H and O–H groups in total. The van der Waals surface area contributed by atoms with Crippen LogP contribution in [0.5, 0.6) is 0 Å². The molecule has 0 aromatic carbocycles. The molecule has 0 fully saturated rings. The van der Waals surface area contributed by atoms with Crippen molar-refractivity contribution in [2.75, 3.05) is 11.9 Å². The fraction of sp³-hybridized carbons (Fsp3) is 0.267. The maximum atomic E-state index is 12.2. The Hall–Kier alpha value is -2.14. The minimum Gasteiger partial charge on any atom is -0.370 e. The Balaban J connectivity index is 2.04. The van der Waals surface area contributed by atoms with Gasteiger partial charge in [0, 0.05) is 31.7 Å². The lowest BCUT2D eigenvalue weighted by Gasteiger charge is -2.09. The number of rotatable bonds is 6. The van der Waals surface area contributed by atoms with E-state index in [2.05, 4.69) is 27.5 Å². The molecular weight excluding hydrogens is 288 g/mol. The zero-order chi connectivity index (χ0) is 15.1. The molecule has 0 spiro atoms. The van der Waals surface area contributed by atoms with Gasteiger partial charge in [0.2, 0.25) is 0 Å². The summed E-state index contributed by atoms with van der Waals surface area (Å²) in [4.78, 5) is 20.3. The van der Waals surface area contributed by atoms with Crippen molar-refractivity contribution in [1.29, 1.82) is 0 Å². The highest BCUT2D eigenvalue weighted by Gasteiger charge is 2.11. The summed E-state index contributed by atoms with van der Waals surface area (Å²) in [6, 6.07) is 5.39. The standard InChI is InChI=1S/C15H17ClN4O/c1-2-5-18-14-7-12(13(16)10-19-14)15(21)20-9-11-4-3-6-17-8-11/h3-4,6-8,10H,2,5,9H2,1H3,(H,18,19)(H,20,21). The van der Waals surface area contributed by atoms with Crippen molar-refractivity contribution in [3.8, 4) is 0 Å². The lowest BCUT2D eigenvalue weighted by Crippen LogP contribution is -2.23. The predicted octanol–water partition coefficient (Wildman–Crippen LogP) is 2.88. The minimum atomic E-state index is -0.231. The van der Waals surface area contributed by atoms with Gasteiger partial charge in [-0.25, -0.2) is 4.98 Å². The molecule has 5 nitrogen and oxygen atoms in total. The van der Waals surface area contributed by atoms with Gasteiger partial charge in [-0.05, 0) is 24.1 Å². The fourth-order valence-electron chi connectivity index (χ4n) is 1.74. The second-order valence-corrected chi connectivity index (χ2v) is 4.93. The molecule has 0 saturated heterocycles. The van der Waals surface area contributed by atoms with Crippen LogP contribution in [-0.4, -0.2) is 22.4 Å². The maximum absolute atomic E-state index is 12.2. The average molecular weight is 305 g/mol. The summed E-state index contributed by atoms with van der Waals surface area (Å²) >= 11 is 6.04. The first-order valence-electron chi connectivity index (χ1n) is 6.77. The first kappa shape index (κ1) is 15.3. The zero-order valence-corrected chi connectivity index (χ0v) is 12.5. The monoisotopic (exact) mass is 304 g/mol. The van der Waals surface area contributed by atoms with Crippen molar-refractivity contribution in [2.24, 2.45) is 0 Å². The van der Waals surface area contributed by atoms with Crippen LogP contribution in [0.3, 0.4) is 0 Å². The molecule has 110 valence electrons. The Morgan fingerprint density at radius 3 is 2.95 bits per heavy atom. The van der Waals surface area contributed by atoms with Gasteiger partial charge in [0.15, 0.2) is 0 Å². The van der Waals surface area contributed by atoms with Crippen LogP contribution in [-0.2, 0) is 6.54 Å². The molecule has 0 aliphatic heterocycles. The summed E-state index contributed by atoms with van der Waals surface area (Å²) < 4.78 is 0. The topological polar surface area (TPSA) is 66.9 Å². The SMILES string of the molecule is CCCNc1cc(C(=O)NCc2cccnc2)c(Cl)cn1. The van der Waals surface area contributed by atoms with Crippen molar-refractivity contribution >= 4 is 23.3 Å². The van der Waals surface area contributed by atoms with Crippen LogP contribution in [0.25, 0.3) is 0 Å². The molecule has 2 rings (SSSR count). The van der Waals surface area contributed by atoms with Crippen LogP contribution >= 0.6 is 11.6 Å². The third-order valence-corrected chi connectivity index (χ3v) is 3.13. The molecule has 2 aromatic rings. The highest BCUT2D eigenvalue weighted by atomic mass is 35.5. The van der Waals surface area contributed by atoms with Crippen LogP contribution < -0.4 is 10.6 Å². The Labute approximate surface area is 128 Å². The number of amides is 1. The van der Waals surface area contributed by atoms with Gasteiger partial charge in [-0.15, -0.1) is 0 Å². The predicted molar refractivity (Wildman–Crippen MR) is 83.4 cm³/mol. The second kappa shape index (κ2) is 7.59. The van der Waals surface area contributed by atoms with Crippen molar-refractivity contribution in [3.05, 3.63) is 52.9 Å². The summed E-state index contributed by atoms with van der Waals surface area (Å²) in [6.45, 7) is 3.26. The van der Waals surface area contributed by atoms with Crippen LogP contribution in [0, 0.1) is 0 Å². The molecule has 0 radical (unpaired) electrons. The third kappa shape index (κ3) is 4.43. The number of carbonyl (C=O) groups excluding carboxylic acids is 1. The molecule has 0 saturated carbocycles. The number of anilines is 1. The number of carbonyl (C=O) groups is 1. The van der Waals surface area contributed by atoms with Crippen molar-refractivity contribution in [1.82, 2.24) is 15.3 Å². The van der Waals surface area contributed by atoms with Gasteiger partial charge in [0.1, 0.15) is 5.82 Å². The quantitative estimate of drug-likeness (QED) is 0.861.